The van der Waals surface area contributed by atoms with Gasteiger partial charge in [-0.1, -0.05) is 31.7 Å². The molecule has 0 bridgehead atoms. The zero-order valence-corrected chi connectivity index (χ0v) is 14.1. The Kier molecular flexibility index (Phi) is 5.61. The van der Waals surface area contributed by atoms with Crippen LogP contribution in [0.3, 0.4) is 0 Å². The van der Waals surface area contributed by atoms with Crippen molar-refractivity contribution in [3.63, 3.8) is 0 Å². The van der Waals surface area contributed by atoms with Crippen molar-refractivity contribution < 1.29 is 14.7 Å². The molecule has 0 heterocycles. The van der Waals surface area contributed by atoms with Crippen LogP contribution in [0.2, 0.25) is 0 Å². The van der Waals surface area contributed by atoms with Gasteiger partial charge in [-0.25, -0.2) is 0 Å². The number of halogens is 1. The minimum atomic E-state index is -0.886. The number of aliphatic carboxylic acids is 1. The van der Waals surface area contributed by atoms with E-state index in [1.54, 1.807) is 0 Å². The van der Waals surface area contributed by atoms with Crippen LogP contribution in [0.25, 0.3) is 0 Å². The molecule has 1 aromatic carbocycles. The molecule has 1 aromatic rings. The summed E-state index contributed by atoms with van der Waals surface area (Å²) in [5, 5.41) is 12.4. The molecule has 21 heavy (non-hydrogen) atoms. The number of carbonyl (C=O) groups excluding carboxylic acids is 1. The number of hydrogen-bond donors (Lipinski definition) is 2. The number of rotatable bonds is 4. The van der Waals surface area contributed by atoms with Crippen LogP contribution in [0.1, 0.15) is 44.9 Å². The van der Waals surface area contributed by atoms with E-state index in [1.807, 2.05) is 24.3 Å². The van der Waals surface area contributed by atoms with Crippen molar-refractivity contribution in [2.45, 2.75) is 44.9 Å². The van der Waals surface area contributed by atoms with E-state index in [2.05, 4.69) is 27.9 Å². The molecule has 1 saturated carbocycles. The predicted molar refractivity (Wildman–Crippen MR) is 90.2 cm³/mol. The highest BCUT2D eigenvalue weighted by Crippen LogP contribution is 2.38. The van der Waals surface area contributed by atoms with Crippen LogP contribution in [0.5, 0.6) is 0 Å². The van der Waals surface area contributed by atoms with Gasteiger partial charge >= 0.3 is 5.97 Å². The third-order valence-corrected chi connectivity index (χ3v) is 4.79. The fraction of sp³-hybridized carbons (Fsp3) is 0.500. The lowest BCUT2D eigenvalue weighted by Crippen LogP contribution is -2.35. The molecule has 1 fully saturated rings. The summed E-state index contributed by atoms with van der Waals surface area (Å²) in [5.41, 5.74) is -0.163. The molecule has 2 N–H and O–H groups in total. The molecule has 0 aliphatic heterocycles. The maximum absolute atomic E-state index is 12.2. The van der Waals surface area contributed by atoms with E-state index < -0.39 is 11.4 Å². The SMILES string of the molecule is O=C(CC1(C(=O)O)CCCCCC1)Nc1cccc(I)c1. The Labute approximate surface area is 138 Å². The van der Waals surface area contributed by atoms with E-state index in [9.17, 15) is 14.7 Å². The average Bonchev–Trinajstić information content (AvgIpc) is 2.65. The lowest BCUT2D eigenvalue weighted by atomic mass is 9.77. The minimum Gasteiger partial charge on any atom is -0.481 e. The predicted octanol–water partition coefficient (Wildman–Crippen LogP) is 4.05. The fourth-order valence-electron chi connectivity index (χ4n) is 2.95. The molecule has 0 spiro atoms. The summed E-state index contributed by atoms with van der Waals surface area (Å²) in [6, 6.07) is 7.51. The van der Waals surface area contributed by atoms with Crippen molar-refractivity contribution in [2.75, 3.05) is 5.32 Å². The summed E-state index contributed by atoms with van der Waals surface area (Å²) in [4.78, 5) is 23.9. The number of hydrogen-bond acceptors (Lipinski definition) is 2. The molecule has 5 heteroatoms. The first-order chi connectivity index (χ1) is 10.0. The lowest BCUT2D eigenvalue weighted by molar-refractivity contribution is -0.152. The van der Waals surface area contributed by atoms with Gasteiger partial charge in [-0.05, 0) is 53.6 Å². The number of amides is 1. The summed E-state index contributed by atoms with van der Waals surface area (Å²) in [7, 11) is 0. The van der Waals surface area contributed by atoms with Crippen molar-refractivity contribution in [2.24, 2.45) is 5.41 Å². The number of benzene rings is 1. The molecule has 0 radical (unpaired) electrons. The van der Waals surface area contributed by atoms with E-state index in [-0.39, 0.29) is 12.3 Å². The fourth-order valence-corrected chi connectivity index (χ4v) is 3.49. The van der Waals surface area contributed by atoms with Crippen molar-refractivity contribution in [3.05, 3.63) is 27.8 Å². The minimum absolute atomic E-state index is 0.0633. The molecule has 114 valence electrons. The Hall–Kier alpha value is -1.11. The van der Waals surface area contributed by atoms with Crippen molar-refractivity contribution in [1.82, 2.24) is 0 Å². The first-order valence-electron chi connectivity index (χ1n) is 7.31. The summed E-state index contributed by atoms with van der Waals surface area (Å²) < 4.78 is 1.04. The van der Waals surface area contributed by atoms with Gasteiger partial charge in [0, 0.05) is 15.7 Å². The Morgan fingerprint density at radius 3 is 2.43 bits per heavy atom. The first kappa shape index (κ1) is 16.3. The second kappa shape index (κ2) is 7.24. The number of anilines is 1. The molecule has 1 aliphatic rings. The van der Waals surface area contributed by atoms with Gasteiger partial charge in [0.15, 0.2) is 0 Å². The highest BCUT2D eigenvalue weighted by Gasteiger charge is 2.40. The van der Waals surface area contributed by atoms with Gasteiger partial charge < -0.3 is 10.4 Å². The highest BCUT2D eigenvalue weighted by molar-refractivity contribution is 14.1. The van der Waals surface area contributed by atoms with Gasteiger partial charge in [-0.2, -0.15) is 0 Å². The Morgan fingerprint density at radius 2 is 1.86 bits per heavy atom. The molecule has 0 unspecified atom stereocenters. The van der Waals surface area contributed by atoms with E-state index in [0.29, 0.717) is 12.8 Å². The van der Waals surface area contributed by atoms with Crippen LogP contribution >= 0.6 is 22.6 Å². The van der Waals surface area contributed by atoms with Crippen LogP contribution in [-0.4, -0.2) is 17.0 Å². The maximum atomic E-state index is 12.2. The van der Waals surface area contributed by atoms with E-state index in [4.69, 9.17) is 0 Å². The van der Waals surface area contributed by atoms with E-state index in [0.717, 1.165) is 34.9 Å². The molecular formula is C16H20INO3. The number of carboxylic acid groups (broad SMARTS) is 1. The molecule has 4 nitrogen and oxygen atoms in total. The van der Waals surface area contributed by atoms with Crippen LogP contribution in [0.4, 0.5) is 5.69 Å². The second-order valence-electron chi connectivity index (χ2n) is 5.73. The summed E-state index contributed by atoms with van der Waals surface area (Å²) in [5.74, 6) is -1.04. The standard InChI is InChI=1S/C16H20INO3/c17-12-6-5-7-13(10-12)18-14(19)11-16(15(20)21)8-3-1-2-4-9-16/h5-7,10H,1-4,8-9,11H2,(H,18,19)(H,20,21). The number of carbonyl (C=O) groups is 2. The zero-order chi connectivity index (χ0) is 15.3. The molecule has 0 atom stereocenters. The topological polar surface area (TPSA) is 66.4 Å². The first-order valence-corrected chi connectivity index (χ1v) is 8.39. The Bertz CT molecular complexity index is 522. The molecule has 2 rings (SSSR count). The smallest absolute Gasteiger partial charge is 0.310 e. The molecular weight excluding hydrogens is 381 g/mol. The number of carboxylic acids is 1. The summed E-state index contributed by atoms with van der Waals surface area (Å²) in [6.45, 7) is 0. The molecule has 1 aliphatic carbocycles. The number of nitrogens with one attached hydrogen (secondary N) is 1. The van der Waals surface area contributed by atoms with Gasteiger partial charge in [0.05, 0.1) is 5.41 Å². The quantitative estimate of drug-likeness (QED) is 0.591. The van der Waals surface area contributed by atoms with Gasteiger partial charge in [0.1, 0.15) is 0 Å². The lowest BCUT2D eigenvalue weighted by Gasteiger charge is -2.27. The maximum Gasteiger partial charge on any atom is 0.310 e. The summed E-state index contributed by atoms with van der Waals surface area (Å²) >= 11 is 2.18. The van der Waals surface area contributed by atoms with E-state index in [1.165, 1.54) is 0 Å². The summed E-state index contributed by atoms with van der Waals surface area (Å²) in [6.07, 6.45) is 5.17. The van der Waals surface area contributed by atoms with Gasteiger partial charge in [0.2, 0.25) is 5.91 Å². The van der Waals surface area contributed by atoms with Gasteiger partial charge in [-0.3, -0.25) is 9.59 Å². The molecule has 0 saturated heterocycles. The third-order valence-electron chi connectivity index (χ3n) is 4.12. The van der Waals surface area contributed by atoms with Crippen LogP contribution < -0.4 is 5.32 Å². The van der Waals surface area contributed by atoms with Gasteiger partial charge in [-0.15, -0.1) is 0 Å². The Morgan fingerprint density at radius 1 is 1.19 bits per heavy atom. The largest absolute Gasteiger partial charge is 0.481 e. The van der Waals surface area contributed by atoms with Crippen molar-refractivity contribution in [3.8, 4) is 0 Å². The highest BCUT2D eigenvalue weighted by atomic mass is 127. The Balaban J connectivity index is 2.06. The van der Waals surface area contributed by atoms with Gasteiger partial charge in [0.25, 0.3) is 0 Å². The van der Waals surface area contributed by atoms with E-state index >= 15 is 0 Å². The average molecular weight is 401 g/mol. The third kappa shape index (κ3) is 4.43. The monoisotopic (exact) mass is 401 g/mol. The normalized spacial score (nSPS) is 17.8. The van der Waals surface area contributed by atoms with Crippen molar-refractivity contribution in [1.29, 1.82) is 0 Å². The zero-order valence-electron chi connectivity index (χ0n) is 11.9. The van der Waals surface area contributed by atoms with Crippen molar-refractivity contribution >= 4 is 40.2 Å². The van der Waals surface area contributed by atoms with Crippen LogP contribution in [0.15, 0.2) is 24.3 Å². The van der Waals surface area contributed by atoms with Crippen LogP contribution in [0, 0.1) is 8.99 Å². The second-order valence-corrected chi connectivity index (χ2v) is 6.98. The molecule has 1 amide bonds. The van der Waals surface area contributed by atoms with Crippen LogP contribution in [-0.2, 0) is 9.59 Å². The molecule has 0 aromatic heterocycles.